The maximum Gasteiger partial charge on any atom is 0.242 e. The highest BCUT2D eigenvalue weighted by Crippen LogP contribution is 2.28. The SMILES string of the molecule is Cc1ccccc1S(=O)(=O)CC(=N)C(=O)c1nc(-c2c(F)cccc2F)c(C)n1C. The number of Topliss-reactive ketones (excluding diaryl/α,β-unsaturated/α-hetero) is 1. The molecule has 0 unspecified atom stereocenters. The fourth-order valence-electron chi connectivity index (χ4n) is 3.12. The smallest absolute Gasteiger partial charge is 0.242 e. The third-order valence-corrected chi connectivity index (χ3v) is 6.62. The van der Waals surface area contributed by atoms with Gasteiger partial charge in [-0.25, -0.2) is 22.2 Å². The molecule has 0 fully saturated rings. The van der Waals surface area contributed by atoms with Crippen LogP contribution in [-0.4, -0.2) is 35.2 Å². The molecule has 3 aromatic rings. The highest BCUT2D eigenvalue weighted by molar-refractivity contribution is 7.92. The molecule has 0 aliphatic rings. The fourth-order valence-corrected chi connectivity index (χ4v) is 4.63. The fraction of sp³-hybridized carbons (Fsp3) is 0.190. The van der Waals surface area contributed by atoms with E-state index >= 15 is 0 Å². The molecule has 0 saturated carbocycles. The Hall–Kier alpha value is -3.20. The molecular weight excluding hydrogens is 412 g/mol. The standard InChI is InChI=1S/C21H19F2N3O3S/c1-12-7-4-5-10-17(12)30(28,29)11-16(24)20(27)21-25-19(13(2)26(21)3)18-14(22)8-6-9-15(18)23/h4-10,24H,11H2,1-3H3. The summed E-state index contributed by atoms with van der Waals surface area (Å²) in [5.41, 5.74) is -0.346. The lowest BCUT2D eigenvalue weighted by Crippen LogP contribution is -2.26. The van der Waals surface area contributed by atoms with Gasteiger partial charge in [0.05, 0.1) is 21.9 Å². The van der Waals surface area contributed by atoms with Gasteiger partial charge in [-0.3, -0.25) is 4.79 Å². The minimum Gasteiger partial charge on any atom is -0.328 e. The van der Waals surface area contributed by atoms with E-state index in [-0.39, 0.29) is 22.0 Å². The first kappa shape index (κ1) is 21.5. The maximum atomic E-state index is 14.2. The number of nitrogens with zero attached hydrogens (tertiary/aromatic N) is 2. The van der Waals surface area contributed by atoms with Crippen LogP contribution in [0.25, 0.3) is 11.3 Å². The monoisotopic (exact) mass is 431 g/mol. The Balaban J connectivity index is 1.96. The Bertz CT molecular complexity index is 1260. The number of aryl methyl sites for hydroxylation is 1. The van der Waals surface area contributed by atoms with E-state index in [0.717, 1.165) is 12.1 Å². The highest BCUT2D eigenvalue weighted by Gasteiger charge is 2.28. The van der Waals surface area contributed by atoms with E-state index in [4.69, 9.17) is 5.41 Å². The number of nitrogens with one attached hydrogen (secondary N) is 1. The van der Waals surface area contributed by atoms with Gasteiger partial charge in [0.1, 0.15) is 17.4 Å². The number of carbonyl (C=O) groups is 1. The van der Waals surface area contributed by atoms with Crippen molar-refractivity contribution in [3.63, 3.8) is 0 Å². The van der Waals surface area contributed by atoms with Gasteiger partial charge >= 0.3 is 0 Å². The summed E-state index contributed by atoms with van der Waals surface area (Å²) in [4.78, 5) is 16.8. The van der Waals surface area contributed by atoms with E-state index in [1.807, 2.05) is 0 Å². The maximum absolute atomic E-state index is 14.2. The lowest BCUT2D eigenvalue weighted by atomic mass is 10.1. The van der Waals surface area contributed by atoms with Crippen molar-refractivity contribution in [1.29, 1.82) is 5.41 Å². The summed E-state index contributed by atoms with van der Waals surface area (Å²) in [6.45, 7) is 3.15. The third-order valence-electron chi connectivity index (χ3n) is 4.82. The van der Waals surface area contributed by atoms with Crippen LogP contribution in [0.5, 0.6) is 0 Å². The predicted octanol–water partition coefficient (Wildman–Crippen LogP) is 3.66. The molecule has 156 valence electrons. The average molecular weight is 431 g/mol. The molecule has 0 radical (unpaired) electrons. The third kappa shape index (κ3) is 3.80. The Labute approximate surface area is 172 Å². The summed E-state index contributed by atoms with van der Waals surface area (Å²) in [5, 5.41) is 8.04. The van der Waals surface area contributed by atoms with Crippen molar-refractivity contribution in [1.82, 2.24) is 9.55 Å². The number of hydrogen-bond acceptors (Lipinski definition) is 5. The van der Waals surface area contributed by atoms with Crippen LogP contribution < -0.4 is 0 Å². The molecular formula is C21H19F2N3O3S. The first-order chi connectivity index (χ1) is 14.0. The topological polar surface area (TPSA) is 92.9 Å². The van der Waals surface area contributed by atoms with Crippen molar-refractivity contribution in [2.75, 3.05) is 5.75 Å². The minimum absolute atomic E-state index is 0.0349. The molecule has 30 heavy (non-hydrogen) atoms. The Morgan fingerprint density at radius 3 is 2.27 bits per heavy atom. The molecule has 3 rings (SSSR count). The van der Waals surface area contributed by atoms with E-state index < -0.39 is 38.7 Å². The van der Waals surface area contributed by atoms with Crippen LogP contribution in [-0.2, 0) is 16.9 Å². The van der Waals surface area contributed by atoms with Crippen LogP contribution in [0.1, 0.15) is 21.9 Å². The van der Waals surface area contributed by atoms with Gasteiger partial charge in [0, 0.05) is 12.7 Å². The van der Waals surface area contributed by atoms with E-state index in [9.17, 15) is 22.0 Å². The zero-order chi connectivity index (χ0) is 22.2. The van der Waals surface area contributed by atoms with Crippen molar-refractivity contribution < 1.29 is 22.0 Å². The zero-order valence-corrected chi connectivity index (χ0v) is 17.3. The lowest BCUT2D eigenvalue weighted by Gasteiger charge is -2.08. The predicted molar refractivity (Wildman–Crippen MR) is 109 cm³/mol. The number of imidazole rings is 1. The largest absolute Gasteiger partial charge is 0.328 e. The molecule has 6 nitrogen and oxygen atoms in total. The zero-order valence-electron chi connectivity index (χ0n) is 16.5. The second-order valence-electron chi connectivity index (χ2n) is 6.86. The first-order valence-electron chi connectivity index (χ1n) is 8.92. The van der Waals surface area contributed by atoms with Crippen LogP contribution in [0, 0.1) is 30.9 Å². The quantitative estimate of drug-likeness (QED) is 0.476. The molecule has 0 atom stereocenters. The van der Waals surface area contributed by atoms with Crippen molar-refractivity contribution >= 4 is 21.3 Å². The van der Waals surface area contributed by atoms with E-state index in [1.165, 1.54) is 30.7 Å². The molecule has 0 spiro atoms. The normalized spacial score (nSPS) is 11.5. The van der Waals surface area contributed by atoms with Crippen LogP contribution in [0.2, 0.25) is 0 Å². The molecule has 9 heteroatoms. The van der Waals surface area contributed by atoms with Gasteiger partial charge in [0.25, 0.3) is 0 Å². The van der Waals surface area contributed by atoms with Crippen molar-refractivity contribution in [2.24, 2.45) is 7.05 Å². The summed E-state index contributed by atoms with van der Waals surface area (Å²) in [6.07, 6.45) is 0. The number of ketones is 1. The molecule has 1 aromatic heterocycles. The van der Waals surface area contributed by atoms with Gasteiger partial charge in [-0.2, -0.15) is 0 Å². The summed E-state index contributed by atoms with van der Waals surface area (Å²) in [5.74, 6) is -3.69. The number of hydrogen-bond donors (Lipinski definition) is 1. The molecule has 0 amide bonds. The first-order valence-corrected chi connectivity index (χ1v) is 10.6. The van der Waals surface area contributed by atoms with Crippen LogP contribution in [0.15, 0.2) is 47.4 Å². The van der Waals surface area contributed by atoms with Gasteiger partial charge in [0.15, 0.2) is 15.7 Å². The van der Waals surface area contributed by atoms with Crippen molar-refractivity contribution in [3.8, 4) is 11.3 Å². The second-order valence-corrected chi connectivity index (χ2v) is 8.82. The molecule has 1 N–H and O–H groups in total. The molecule has 0 bridgehead atoms. The Morgan fingerprint density at radius 2 is 1.67 bits per heavy atom. The van der Waals surface area contributed by atoms with Crippen LogP contribution >= 0.6 is 0 Å². The second kappa shape index (κ2) is 7.91. The van der Waals surface area contributed by atoms with Crippen LogP contribution in [0.3, 0.4) is 0 Å². The number of carbonyl (C=O) groups excluding carboxylic acids is 1. The summed E-state index contributed by atoms with van der Waals surface area (Å²) < 4.78 is 54.9. The van der Waals surface area contributed by atoms with E-state index in [1.54, 1.807) is 25.1 Å². The Kier molecular flexibility index (Phi) is 5.67. The van der Waals surface area contributed by atoms with Crippen LogP contribution in [0.4, 0.5) is 8.78 Å². The van der Waals surface area contributed by atoms with Gasteiger partial charge in [-0.05, 0) is 37.6 Å². The molecule has 0 aliphatic carbocycles. The van der Waals surface area contributed by atoms with Gasteiger partial charge in [-0.1, -0.05) is 24.3 Å². The molecule has 2 aromatic carbocycles. The van der Waals surface area contributed by atoms with Crippen molar-refractivity contribution in [2.45, 2.75) is 18.7 Å². The van der Waals surface area contributed by atoms with E-state index in [0.29, 0.717) is 11.3 Å². The number of rotatable bonds is 6. The van der Waals surface area contributed by atoms with Gasteiger partial charge in [-0.15, -0.1) is 0 Å². The molecule has 1 heterocycles. The summed E-state index contributed by atoms with van der Waals surface area (Å²) in [7, 11) is -2.47. The van der Waals surface area contributed by atoms with E-state index in [2.05, 4.69) is 4.98 Å². The number of halogens is 2. The number of sulfone groups is 1. The van der Waals surface area contributed by atoms with Crippen molar-refractivity contribution in [3.05, 3.63) is 71.2 Å². The molecule has 0 saturated heterocycles. The highest BCUT2D eigenvalue weighted by atomic mass is 32.2. The van der Waals surface area contributed by atoms with Gasteiger partial charge < -0.3 is 9.98 Å². The Morgan fingerprint density at radius 1 is 1.07 bits per heavy atom. The summed E-state index contributed by atoms with van der Waals surface area (Å²) in [6, 6.07) is 9.63. The number of benzene rings is 2. The summed E-state index contributed by atoms with van der Waals surface area (Å²) >= 11 is 0. The lowest BCUT2D eigenvalue weighted by molar-refractivity contribution is 0.105. The minimum atomic E-state index is -3.93. The molecule has 0 aliphatic heterocycles. The average Bonchev–Trinajstić information content (AvgIpc) is 2.96. The number of aromatic nitrogens is 2. The van der Waals surface area contributed by atoms with Gasteiger partial charge in [0.2, 0.25) is 5.78 Å².